The van der Waals surface area contributed by atoms with Gasteiger partial charge in [0, 0.05) is 24.9 Å². The Hall–Kier alpha value is -1.47. The number of hydrogen-bond donors (Lipinski definition) is 0. The number of halogens is 1. The first-order chi connectivity index (χ1) is 11.0. The fourth-order valence-electron chi connectivity index (χ4n) is 3.27. The van der Waals surface area contributed by atoms with Gasteiger partial charge in [0.15, 0.2) is 8.32 Å². The van der Waals surface area contributed by atoms with Gasteiger partial charge in [0.1, 0.15) is 11.5 Å². The van der Waals surface area contributed by atoms with Crippen LogP contribution in [0.4, 0.5) is 15.8 Å². The molecule has 132 valence electrons. The van der Waals surface area contributed by atoms with Crippen molar-refractivity contribution in [1.82, 2.24) is 0 Å². The lowest BCUT2D eigenvalue weighted by atomic mass is 10.2. The zero-order chi connectivity index (χ0) is 17.9. The first kappa shape index (κ1) is 17.4. The third-order valence-electron chi connectivity index (χ3n) is 5.83. The van der Waals surface area contributed by atoms with Crippen molar-refractivity contribution in [3.63, 3.8) is 0 Å². The summed E-state index contributed by atoms with van der Waals surface area (Å²) in [5, 5.41) is 11.4. The Balaban J connectivity index is 1.68. The maximum Gasteiger partial charge on any atom is 0.295 e. The van der Waals surface area contributed by atoms with Crippen molar-refractivity contribution in [2.24, 2.45) is 11.8 Å². The molecule has 0 amide bonds. The standard InChI is InChI=1S/C17H25FN2O3Si/c1-17(2,3)24(4,5)23-16-12-9-19(10-13(12)16)14-7-6-11(18)8-15(14)20(21)22/h6-8,12-13,16H,9-10H2,1-5H3/t12-,13?,16?/m0/s1. The SMILES string of the molecule is CC(C)(C)[Si](C)(C)OC1C2CN(c3ccc(F)cc3[N+](=O)[O-])C[C@@H]21. The molecule has 2 aliphatic rings. The van der Waals surface area contributed by atoms with Crippen molar-refractivity contribution < 1.29 is 13.7 Å². The van der Waals surface area contributed by atoms with Crippen LogP contribution in [0.2, 0.25) is 18.1 Å². The maximum atomic E-state index is 13.3. The zero-order valence-corrected chi connectivity index (χ0v) is 15.9. The minimum Gasteiger partial charge on any atom is -0.413 e. The van der Waals surface area contributed by atoms with Crippen LogP contribution in [0, 0.1) is 27.8 Å². The molecule has 1 aromatic carbocycles. The van der Waals surface area contributed by atoms with E-state index in [2.05, 4.69) is 33.9 Å². The van der Waals surface area contributed by atoms with Crippen LogP contribution in [-0.2, 0) is 4.43 Å². The molecular weight excluding hydrogens is 327 g/mol. The summed E-state index contributed by atoms with van der Waals surface area (Å²) in [6, 6.07) is 3.81. The molecule has 3 rings (SSSR count). The summed E-state index contributed by atoms with van der Waals surface area (Å²) < 4.78 is 19.8. The minimum atomic E-state index is -1.79. The molecule has 1 saturated carbocycles. The van der Waals surface area contributed by atoms with Gasteiger partial charge in [0.25, 0.3) is 5.69 Å². The van der Waals surface area contributed by atoms with Crippen LogP contribution in [0.5, 0.6) is 0 Å². The van der Waals surface area contributed by atoms with Crippen molar-refractivity contribution in [3.8, 4) is 0 Å². The lowest BCUT2D eigenvalue weighted by Gasteiger charge is -2.37. The van der Waals surface area contributed by atoms with Crippen molar-refractivity contribution in [2.75, 3.05) is 18.0 Å². The van der Waals surface area contributed by atoms with Gasteiger partial charge < -0.3 is 9.33 Å². The number of nitrogens with zero attached hydrogens (tertiary/aromatic N) is 2. The highest BCUT2D eigenvalue weighted by molar-refractivity contribution is 6.74. The summed E-state index contributed by atoms with van der Waals surface area (Å²) in [5.74, 6) is 0.293. The Morgan fingerprint density at radius 3 is 2.38 bits per heavy atom. The average molecular weight is 352 g/mol. The molecular formula is C17H25FN2O3Si. The maximum absolute atomic E-state index is 13.3. The lowest BCUT2D eigenvalue weighted by molar-refractivity contribution is -0.384. The Morgan fingerprint density at radius 2 is 1.88 bits per heavy atom. The van der Waals surface area contributed by atoms with Crippen LogP contribution in [0.25, 0.3) is 0 Å². The first-order valence-electron chi connectivity index (χ1n) is 8.38. The van der Waals surface area contributed by atoms with Crippen LogP contribution >= 0.6 is 0 Å². The van der Waals surface area contributed by atoms with E-state index < -0.39 is 19.1 Å². The van der Waals surface area contributed by atoms with E-state index in [0.29, 0.717) is 17.5 Å². The van der Waals surface area contributed by atoms with Gasteiger partial charge in [0.2, 0.25) is 0 Å². The number of benzene rings is 1. The lowest BCUT2D eigenvalue weighted by Crippen LogP contribution is -2.43. The molecule has 1 saturated heterocycles. The molecule has 1 heterocycles. The van der Waals surface area contributed by atoms with Crippen LogP contribution in [0.15, 0.2) is 18.2 Å². The molecule has 0 radical (unpaired) electrons. The summed E-state index contributed by atoms with van der Waals surface area (Å²) >= 11 is 0. The van der Waals surface area contributed by atoms with E-state index in [1.165, 1.54) is 12.1 Å². The van der Waals surface area contributed by atoms with Crippen molar-refractivity contribution in [1.29, 1.82) is 0 Å². The molecule has 0 bridgehead atoms. The number of anilines is 1. The van der Waals surface area contributed by atoms with Crippen LogP contribution in [0.1, 0.15) is 20.8 Å². The largest absolute Gasteiger partial charge is 0.413 e. The third kappa shape index (κ3) is 2.95. The van der Waals surface area contributed by atoms with Gasteiger partial charge >= 0.3 is 0 Å². The van der Waals surface area contributed by atoms with E-state index in [0.717, 1.165) is 19.2 Å². The quantitative estimate of drug-likeness (QED) is 0.463. The van der Waals surface area contributed by atoms with E-state index in [4.69, 9.17) is 4.43 Å². The van der Waals surface area contributed by atoms with Crippen molar-refractivity contribution in [2.45, 2.75) is 45.0 Å². The smallest absolute Gasteiger partial charge is 0.295 e. The number of rotatable bonds is 4. The van der Waals surface area contributed by atoms with E-state index in [1.807, 2.05) is 4.90 Å². The summed E-state index contributed by atoms with van der Waals surface area (Å²) in [6.45, 7) is 12.7. The first-order valence-corrected chi connectivity index (χ1v) is 11.3. The topological polar surface area (TPSA) is 55.6 Å². The molecule has 1 aromatic rings. The zero-order valence-electron chi connectivity index (χ0n) is 14.9. The minimum absolute atomic E-state index is 0.154. The number of nitro groups is 1. The molecule has 1 aliphatic carbocycles. The average Bonchev–Trinajstić information content (AvgIpc) is 2.90. The fraction of sp³-hybridized carbons (Fsp3) is 0.647. The van der Waals surface area contributed by atoms with Gasteiger partial charge in [-0.1, -0.05) is 20.8 Å². The second-order valence-corrected chi connectivity index (χ2v) is 13.2. The molecule has 5 nitrogen and oxygen atoms in total. The monoisotopic (exact) mass is 352 g/mol. The predicted octanol–water partition coefficient (Wildman–Crippen LogP) is 4.19. The second kappa shape index (κ2) is 5.52. The molecule has 7 heteroatoms. The van der Waals surface area contributed by atoms with E-state index in [9.17, 15) is 14.5 Å². The van der Waals surface area contributed by atoms with Gasteiger partial charge in [-0.2, -0.15) is 0 Å². The Labute approximate surface area is 143 Å². The highest BCUT2D eigenvalue weighted by atomic mass is 28.4. The van der Waals surface area contributed by atoms with Crippen LogP contribution in [0.3, 0.4) is 0 Å². The fourth-order valence-corrected chi connectivity index (χ4v) is 4.65. The predicted molar refractivity (Wildman–Crippen MR) is 94.3 cm³/mol. The summed E-state index contributed by atoms with van der Waals surface area (Å²) in [5.41, 5.74) is 0.359. The molecule has 2 unspecified atom stereocenters. The highest BCUT2D eigenvalue weighted by Crippen LogP contribution is 2.53. The second-order valence-electron chi connectivity index (χ2n) is 8.47. The van der Waals surface area contributed by atoms with E-state index >= 15 is 0 Å². The number of hydrogen-bond acceptors (Lipinski definition) is 4. The van der Waals surface area contributed by atoms with Crippen molar-refractivity contribution in [3.05, 3.63) is 34.1 Å². The summed E-state index contributed by atoms with van der Waals surface area (Å²) in [7, 11) is -1.79. The normalized spacial score (nSPS) is 26.4. The summed E-state index contributed by atoms with van der Waals surface area (Å²) in [6.07, 6.45) is 0.279. The molecule has 0 aromatic heterocycles. The molecule has 24 heavy (non-hydrogen) atoms. The van der Waals surface area contributed by atoms with Gasteiger partial charge in [-0.15, -0.1) is 0 Å². The number of nitro benzene ring substituents is 1. The summed E-state index contributed by atoms with van der Waals surface area (Å²) in [4.78, 5) is 12.7. The molecule has 0 spiro atoms. The van der Waals surface area contributed by atoms with Gasteiger partial charge in [-0.05, 0) is 30.3 Å². The van der Waals surface area contributed by atoms with Crippen molar-refractivity contribution >= 4 is 19.7 Å². The number of piperidine rings is 1. The van der Waals surface area contributed by atoms with Crippen LogP contribution in [-0.4, -0.2) is 32.4 Å². The van der Waals surface area contributed by atoms with E-state index in [1.54, 1.807) is 0 Å². The van der Waals surface area contributed by atoms with Gasteiger partial charge in [-0.25, -0.2) is 4.39 Å². The van der Waals surface area contributed by atoms with E-state index in [-0.39, 0.29) is 16.8 Å². The molecule has 1 aliphatic heterocycles. The Morgan fingerprint density at radius 1 is 1.29 bits per heavy atom. The van der Waals surface area contributed by atoms with Gasteiger partial charge in [-0.3, -0.25) is 10.1 Å². The molecule has 2 fully saturated rings. The highest BCUT2D eigenvalue weighted by Gasteiger charge is 2.59. The third-order valence-corrected chi connectivity index (χ3v) is 10.3. The van der Waals surface area contributed by atoms with Gasteiger partial charge in [0.05, 0.1) is 17.1 Å². The number of fused-ring (bicyclic) bond motifs is 1. The molecule has 0 N–H and O–H groups in total. The van der Waals surface area contributed by atoms with Crippen LogP contribution < -0.4 is 4.90 Å². The Kier molecular flexibility index (Phi) is 3.99. The Bertz CT molecular complexity index is 662. The molecule has 3 atom stereocenters.